The van der Waals surface area contributed by atoms with Gasteiger partial charge in [-0.2, -0.15) is 0 Å². The summed E-state index contributed by atoms with van der Waals surface area (Å²) in [6, 6.07) is 8.64. The molecule has 1 aromatic carbocycles. The van der Waals surface area contributed by atoms with E-state index in [0.717, 1.165) is 13.1 Å². The molecule has 0 radical (unpaired) electrons. The molecule has 2 nitrogen and oxygen atoms in total. The minimum Gasteiger partial charge on any atom is -0.374 e. The van der Waals surface area contributed by atoms with E-state index < -0.39 is 0 Å². The predicted molar refractivity (Wildman–Crippen MR) is 67.5 cm³/mol. The molecule has 0 saturated carbocycles. The van der Waals surface area contributed by atoms with Gasteiger partial charge in [0, 0.05) is 19.3 Å². The lowest BCUT2D eigenvalue weighted by Crippen LogP contribution is -2.29. The topological polar surface area (TPSA) is 15.3 Å². The van der Waals surface area contributed by atoms with Crippen LogP contribution in [0.3, 0.4) is 0 Å². The van der Waals surface area contributed by atoms with Crippen molar-refractivity contribution in [3.05, 3.63) is 29.8 Å². The van der Waals surface area contributed by atoms with Crippen LogP contribution in [0.15, 0.2) is 24.3 Å². The van der Waals surface area contributed by atoms with Crippen LogP contribution in [0, 0.1) is 12.8 Å². The predicted octanol–water partition coefficient (Wildman–Crippen LogP) is 2.29. The molecule has 0 aromatic heterocycles. The van der Waals surface area contributed by atoms with Crippen LogP contribution in [0.4, 0.5) is 5.69 Å². The summed E-state index contributed by atoms with van der Waals surface area (Å²) in [5, 5.41) is 3.21. The summed E-state index contributed by atoms with van der Waals surface area (Å²) in [4.78, 5) is 2.31. The first-order valence-electron chi connectivity index (χ1n) is 5.56. The fourth-order valence-corrected chi connectivity index (χ4v) is 1.85. The maximum Gasteiger partial charge on any atom is 0.0366 e. The SMILES string of the molecule is CNCC(C)CN(C)c1cccc(C)c1. The molecule has 15 heavy (non-hydrogen) atoms. The van der Waals surface area contributed by atoms with Gasteiger partial charge in [-0.1, -0.05) is 19.1 Å². The van der Waals surface area contributed by atoms with E-state index in [2.05, 4.69) is 55.4 Å². The molecule has 1 rings (SSSR count). The minimum absolute atomic E-state index is 0.667. The first kappa shape index (κ1) is 12.1. The Morgan fingerprint density at radius 3 is 2.73 bits per heavy atom. The highest BCUT2D eigenvalue weighted by Crippen LogP contribution is 2.15. The monoisotopic (exact) mass is 206 g/mol. The summed E-state index contributed by atoms with van der Waals surface area (Å²) < 4.78 is 0. The summed E-state index contributed by atoms with van der Waals surface area (Å²) in [5.41, 5.74) is 2.62. The second-order valence-electron chi connectivity index (χ2n) is 4.38. The highest BCUT2D eigenvalue weighted by molar-refractivity contribution is 5.47. The zero-order chi connectivity index (χ0) is 11.3. The molecule has 0 aliphatic heterocycles. The molecule has 0 heterocycles. The van der Waals surface area contributed by atoms with Gasteiger partial charge in [0.25, 0.3) is 0 Å². The normalized spacial score (nSPS) is 12.5. The first-order chi connectivity index (χ1) is 7.13. The van der Waals surface area contributed by atoms with Gasteiger partial charge >= 0.3 is 0 Å². The first-order valence-corrected chi connectivity index (χ1v) is 5.56. The molecule has 1 aromatic rings. The molecule has 2 heteroatoms. The Bertz CT molecular complexity index is 296. The molecule has 1 unspecified atom stereocenters. The highest BCUT2D eigenvalue weighted by atomic mass is 15.1. The number of hydrogen-bond acceptors (Lipinski definition) is 2. The zero-order valence-electron chi connectivity index (χ0n) is 10.2. The second-order valence-corrected chi connectivity index (χ2v) is 4.38. The number of nitrogens with one attached hydrogen (secondary N) is 1. The number of aryl methyl sites for hydroxylation is 1. The Morgan fingerprint density at radius 1 is 1.40 bits per heavy atom. The van der Waals surface area contributed by atoms with Gasteiger partial charge in [0.2, 0.25) is 0 Å². The Balaban J connectivity index is 2.56. The van der Waals surface area contributed by atoms with Gasteiger partial charge in [0.15, 0.2) is 0 Å². The Hall–Kier alpha value is -1.02. The second kappa shape index (κ2) is 5.76. The molecule has 0 bridgehead atoms. The maximum absolute atomic E-state index is 3.21. The van der Waals surface area contributed by atoms with Crippen LogP contribution in [0.2, 0.25) is 0 Å². The molecular formula is C13H22N2. The zero-order valence-corrected chi connectivity index (χ0v) is 10.2. The minimum atomic E-state index is 0.667. The van der Waals surface area contributed by atoms with Crippen molar-refractivity contribution >= 4 is 5.69 Å². The van der Waals surface area contributed by atoms with E-state index in [4.69, 9.17) is 0 Å². The molecule has 0 fully saturated rings. The van der Waals surface area contributed by atoms with Gasteiger partial charge in [-0.3, -0.25) is 0 Å². The number of anilines is 1. The average molecular weight is 206 g/mol. The molecule has 0 saturated heterocycles. The van der Waals surface area contributed by atoms with Gasteiger partial charge in [-0.25, -0.2) is 0 Å². The Kier molecular flexibility index (Phi) is 4.63. The molecular weight excluding hydrogens is 184 g/mol. The maximum atomic E-state index is 3.21. The Labute approximate surface area is 93.3 Å². The summed E-state index contributed by atoms with van der Waals surface area (Å²) >= 11 is 0. The van der Waals surface area contributed by atoms with Crippen LogP contribution in [0.25, 0.3) is 0 Å². The van der Waals surface area contributed by atoms with E-state index in [1.165, 1.54) is 11.3 Å². The lowest BCUT2D eigenvalue weighted by Gasteiger charge is -2.23. The molecule has 1 N–H and O–H groups in total. The summed E-state index contributed by atoms with van der Waals surface area (Å²) in [6.45, 7) is 6.55. The fraction of sp³-hybridized carbons (Fsp3) is 0.538. The van der Waals surface area contributed by atoms with Gasteiger partial charge in [0.1, 0.15) is 0 Å². The molecule has 1 atom stereocenters. The lowest BCUT2D eigenvalue weighted by molar-refractivity contribution is 0.542. The molecule has 0 aliphatic carbocycles. The number of hydrogen-bond donors (Lipinski definition) is 1. The fourth-order valence-electron chi connectivity index (χ4n) is 1.85. The van der Waals surface area contributed by atoms with E-state index >= 15 is 0 Å². The van der Waals surface area contributed by atoms with Crippen LogP contribution < -0.4 is 10.2 Å². The van der Waals surface area contributed by atoms with Crippen LogP contribution in [0.1, 0.15) is 12.5 Å². The lowest BCUT2D eigenvalue weighted by atomic mass is 10.1. The number of rotatable bonds is 5. The van der Waals surface area contributed by atoms with E-state index in [9.17, 15) is 0 Å². The third kappa shape index (κ3) is 3.92. The number of benzene rings is 1. The van der Waals surface area contributed by atoms with Crippen molar-refractivity contribution in [1.29, 1.82) is 0 Å². The number of nitrogens with zero attached hydrogens (tertiary/aromatic N) is 1. The third-order valence-corrected chi connectivity index (χ3v) is 2.58. The van der Waals surface area contributed by atoms with E-state index in [-0.39, 0.29) is 0 Å². The molecule has 84 valence electrons. The van der Waals surface area contributed by atoms with Gasteiger partial charge in [-0.15, -0.1) is 0 Å². The van der Waals surface area contributed by atoms with Crippen molar-refractivity contribution in [2.75, 3.05) is 32.1 Å². The van der Waals surface area contributed by atoms with Crippen molar-refractivity contribution in [3.63, 3.8) is 0 Å². The Morgan fingerprint density at radius 2 is 2.13 bits per heavy atom. The van der Waals surface area contributed by atoms with Crippen LogP contribution >= 0.6 is 0 Å². The van der Waals surface area contributed by atoms with Crippen molar-refractivity contribution in [1.82, 2.24) is 5.32 Å². The van der Waals surface area contributed by atoms with Gasteiger partial charge in [0.05, 0.1) is 0 Å². The molecule has 0 spiro atoms. The quantitative estimate of drug-likeness (QED) is 0.795. The smallest absolute Gasteiger partial charge is 0.0366 e. The van der Waals surface area contributed by atoms with Crippen LogP contribution in [0.5, 0.6) is 0 Å². The van der Waals surface area contributed by atoms with Crippen LogP contribution in [-0.4, -0.2) is 27.2 Å². The van der Waals surface area contributed by atoms with Crippen LogP contribution in [-0.2, 0) is 0 Å². The third-order valence-electron chi connectivity index (χ3n) is 2.58. The average Bonchev–Trinajstić information content (AvgIpc) is 2.18. The van der Waals surface area contributed by atoms with Crippen molar-refractivity contribution < 1.29 is 0 Å². The van der Waals surface area contributed by atoms with Gasteiger partial charge in [-0.05, 0) is 44.1 Å². The van der Waals surface area contributed by atoms with E-state index in [1.807, 2.05) is 7.05 Å². The van der Waals surface area contributed by atoms with Crippen molar-refractivity contribution in [2.45, 2.75) is 13.8 Å². The van der Waals surface area contributed by atoms with Crippen molar-refractivity contribution in [3.8, 4) is 0 Å². The van der Waals surface area contributed by atoms with Gasteiger partial charge < -0.3 is 10.2 Å². The molecule has 0 amide bonds. The summed E-state index contributed by atoms with van der Waals surface area (Å²) in [5.74, 6) is 0.667. The summed E-state index contributed by atoms with van der Waals surface area (Å²) in [6.07, 6.45) is 0. The highest BCUT2D eigenvalue weighted by Gasteiger charge is 2.06. The summed E-state index contributed by atoms with van der Waals surface area (Å²) in [7, 11) is 4.16. The van der Waals surface area contributed by atoms with E-state index in [0.29, 0.717) is 5.92 Å². The largest absolute Gasteiger partial charge is 0.374 e. The van der Waals surface area contributed by atoms with E-state index in [1.54, 1.807) is 0 Å². The standard InChI is InChI=1S/C13H22N2/c1-11-6-5-7-13(8-11)15(4)10-12(2)9-14-3/h5-8,12,14H,9-10H2,1-4H3. The van der Waals surface area contributed by atoms with Crippen molar-refractivity contribution in [2.24, 2.45) is 5.92 Å². The molecule has 0 aliphatic rings.